The summed E-state index contributed by atoms with van der Waals surface area (Å²) in [5.41, 5.74) is 3.53. The van der Waals surface area contributed by atoms with E-state index in [0.717, 1.165) is 23.2 Å². The van der Waals surface area contributed by atoms with Crippen LogP contribution < -0.4 is 10.0 Å². The summed E-state index contributed by atoms with van der Waals surface area (Å²) in [6, 6.07) is 20.7. The molecule has 0 radical (unpaired) electrons. The zero-order chi connectivity index (χ0) is 22.2. The standard InChI is InChI=1S/C24H24N2O4S/c1-24(2)15-18-14-17(23(27)28)10-13-21(18)25-22(24)16-8-11-19(12-9-16)26-31(29,30)20-6-4-3-5-7-20/h3-14,22,25-26H,15H2,1-2H3,(H,27,28). The van der Waals surface area contributed by atoms with Crippen LogP contribution in [0, 0.1) is 5.41 Å². The third-order valence-electron chi connectivity index (χ3n) is 5.63. The van der Waals surface area contributed by atoms with E-state index >= 15 is 0 Å². The molecule has 0 saturated carbocycles. The molecule has 0 spiro atoms. The van der Waals surface area contributed by atoms with Gasteiger partial charge in [0.25, 0.3) is 10.0 Å². The largest absolute Gasteiger partial charge is 0.478 e. The lowest BCUT2D eigenvalue weighted by atomic mass is 9.73. The average molecular weight is 437 g/mol. The highest BCUT2D eigenvalue weighted by Crippen LogP contribution is 2.45. The third-order valence-corrected chi connectivity index (χ3v) is 7.03. The second-order valence-corrected chi connectivity index (χ2v) is 10.1. The van der Waals surface area contributed by atoms with Gasteiger partial charge in [-0.3, -0.25) is 4.72 Å². The number of anilines is 2. The van der Waals surface area contributed by atoms with Gasteiger partial charge in [0, 0.05) is 11.4 Å². The average Bonchev–Trinajstić information content (AvgIpc) is 2.73. The molecule has 1 aliphatic rings. The summed E-state index contributed by atoms with van der Waals surface area (Å²) in [5.74, 6) is -0.934. The minimum absolute atomic E-state index is 0.00421. The normalized spacial score (nSPS) is 17.3. The first kappa shape index (κ1) is 20.9. The van der Waals surface area contributed by atoms with Gasteiger partial charge in [0.05, 0.1) is 16.5 Å². The Bertz CT molecular complexity index is 1220. The number of fused-ring (bicyclic) bond motifs is 1. The molecule has 160 valence electrons. The highest BCUT2D eigenvalue weighted by atomic mass is 32.2. The summed E-state index contributed by atoms with van der Waals surface area (Å²) in [6.45, 7) is 4.26. The number of carboxylic acids is 1. The molecule has 1 atom stereocenters. The van der Waals surface area contributed by atoms with Crippen molar-refractivity contribution in [3.05, 3.63) is 89.5 Å². The molecule has 0 amide bonds. The first-order chi connectivity index (χ1) is 14.7. The number of rotatable bonds is 5. The molecule has 1 aliphatic heterocycles. The Balaban J connectivity index is 1.57. The van der Waals surface area contributed by atoms with Crippen LogP contribution in [-0.4, -0.2) is 19.5 Å². The van der Waals surface area contributed by atoms with E-state index < -0.39 is 16.0 Å². The first-order valence-corrected chi connectivity index (χ1v) is 11.4. The molecule has 0 aromatic heterocycles. The van der Waals surface area contributed by atoms with Crippen molar-refractivity contribution in [1.82, 2.24) is 0 Å². The highest BCUT2D eigenvalue weighted by molar-refractivity contribution is 7.92. The van der Waals surface area contributed by atoms with Crippen LogP contribution in [0.15, 0.2) is 77.7 Å². The lowest BCUT2D eigenvalue weighted by Crippen LogP contribution is -2.35. The van der Waals surface area contributed by atoms with Crippen molar-refractivity contribution in [3.63, 3.8) is 0 Å². The Morgan fingerprint density at radius 1 is 1.03 bits per heavy atom. The molecular weight excluding hydrogens is 412 g/mol. The second-order valence-electron chi connectivity index (χ2n) is 8.46. The maximum absolute atomic E-state index is 12.5. The summed E-state index contributed by atoms with van der Waals surface area (Å²) < 4.78 is 27.7. The highest BCUT2D eigenvalue weighted by Gasteiger charge is 2.36. The smallest absolute Gasteiger partial charge is 0.335 e. The number of carbonyl (C=O) groups is 1. The Kier molecular flexibility index (Phi) is 5.23. The number of carboxylic acid groups (broad SMARTS) is 1. The molecule has 0 bridgehead atoms. The van der Waals surface area contributed by atoms with Crippen LogP contribution in [0.4, 0.5) is 11.4 Å². The van der Waals surface area contributed by atoms with Crippen LogP contribution in [0.2, 0.25) is 0 Å². The van der Waals surface area contributed by atoms with E-state index in [-0.39, 0.29) is 21.9 Å². The molecule has 1 heterocycles. The van der Waals surface area contributed by atoms with Crippen LogP contribution in [0.1, 0.15) is 41.4 Å². The van der Waals surface area contributed by atoms with Crippen molar-refractivity contribution >= 4 is 27.4 Å². The van der Waals surface area contributed by atoms with Crippen molar-refractivity contribution in [2.24, 2.45) is 5.41 Å². The van der Waals surface area contributed by atoms with E-state index in [1.165, 1.54) is 0 Å². The molecule has 6 nitrogen and oxygen atoms in total. The summed E-state index contributed by atoms with van der Waals surface area (Å²) in [6.07, 6.45) is 0.726. The molecule has 3 N–H and O–H groups in total. The number of hydrogen-bond acceptors (Lipinski definition) is 4. The molecular formula is C24H24N2O4S. The van der Waals surface area contributed by atoms with Gasteiger partial charge in [-0.2, -0.15) is 0 Å². The summed E-state index contributed by atoms with van der Waals surface area (Å²) in [4.78, 5) is 11.5. The molecule has 3 aromatic carbocycles. The number of aromatic carboxylic acids is 1. The minimum atomic E-state index is -3.64. The molecule has 7 heteroatoms. The van der Waals surface area contributed by atoms with Crippen LogP contribution in [0.5, 0.6) is 0 Å². The minimum Gasteiger partial charge on any atom is -0.478 e. The monoisotopic (exact) mass is 436 g/mol. The number of sulfonamides is 1. The Morgan fingerprint density at radius 2 is 1.71 bits per heavy atom. The van der Waals surface area contributed by atoms with Crippen molar-refractivity contribution < 1.29 is 18.3 Å². The van der Waals surface area contributed by atoms with Crippen LogP contribution >= 0.6 is 0 Å². The SMILES string of the molecule is CC1(C)Cc2cc(C(=O)O)ccc2NC1c1ccc(NS(=O)(=O)c2ccccc2)cc1. The molecule has 0 saturated heterocycles. The van der Waals surface area contributed by atoms with Gasteiger partial charge in [-0.25, -0.2) is 13.2 Å². The zero-order valence-corrected chi connectivity index (χ0v) is 18.1. The molecule has 0 aliphatic carbocycles. The fourth-order valence-electron chi connectivity index (χ4n) is 4.05. The maximum atomic E-state index is 12.5. The molecule has 31 heavy (non-hydrogen) atoms. The van der Waals surface area contributed by atoms with Gasteiger partial charge in [-0.15, -0.1) is 0 Å². The Hall–Kier alpha value is -3.32. The summed E-state index contributed by atoms with van der Waals surface area (Å²) in [7, 11) is -3.64. The summed E-state index contributed by atoms with van der Waals surface area (Å²) >= 11 is 0. The summed E-state index contributed by atoms with van der Waals surface area (Å²) in [5, 5.41) is 12.8. The Morgan fingerprint density at radius 3 is 2.35 bits per heavy atom. The predicted molar refractivity (Wildman–Crippen MR) is 121 cm³/mol. The van der Waals surface area contributed by atoms with E-state index in [9.17, 15) is 18.3 Å². The second kappa shape index (κ2) is 7.74. The Labute approximate surface area is 182 Å². The van der Waals surface area contributed by atoms with Gasteiger partial charge in [0.1, 0.15) is 0 Å². The van der Waals surface area contributed by atoms with Crippen molar-refractivity contribution in [2.75, 3.05) is 10.0 Å². The van der Waals surface area contributed by atoms with Crippen LogP contribution in [0.3, 0.4) is 0 Å². The lowest BCUT2D eigenvalue weighted by molar-refractivity contribution is 0.0696. The maximum Gasteiger partial charge on any atom is 0.335 e. The fraction of sp³-hybridized carbons (Fsp3) is 0.208. The van der Waals surface area contributed by atoms with Gasteiger partial charge in [-0.1, -0.05) is 44.2 Å². The van der Waals surface area contributed by atoms with E-state index in [4.69, 9.17) is 0 Å². The van der Waals surface area contributed by atoms with E-state index in [1.54, 1.807) is 54.6 Å². The third kappa shape index (κ3) is 4.27. The van der Waals surface area contributed by atoms with E-state index in [0.29, 0.717) is 5.69 Å². The van der Waals surface area contributed by atoms with E-state index in [2.05, 4.69) is 23.9 Å². The molecule has 0 fully saturated rings. The van der Waals surface area contributed by atoms with E-state index in [1.807, 2.05) is 18.2 Å². The van der Waals surface area contributed by atoms with Crippen molar-refractivity contribution in [1.29, 1.82) is 0 Å². The fourth-order valence-corrected chi connectivity index (χ4v) is 5.13. The lowest BCUT2D eigenvalue weighted by Gasteiger charge is -2.41. The molecule has 3 aromatic rings. The quantitative estimate of drug-likeness (QED) is 0.528. The number of nitrogens with one attached hydrogen (secondary N) is 2. The van der Waals surface area contributed by atoms with Gasteiger partial charge in [0.15, 0.2) is 0 Å². The zero-order valence-electron chi connectivity index (χ0n) is 17.3. The van der Waals surface area contributed by atoms with Gasteiger partial charge < -0.3 is 10.4 Å². The van der Waals surface area contributed by atoms with Crippen molar-refractivity contribution in [3.8, 4) is 0 Å². The molecule has 4 rings (SSSR count). The van der Waals surface area contributed by atoms with Crippen LogP contribution in [-0.2, 0) is 16.4 Å². The van der Waals surface area contributed by atoms with Crippen LogP contribution in [0.25, 0.3) is 0 Å². The van der Waals surface area contributed by atoms with Crippen molar-refractivity contribution in [2.45, 2.75) is 31.2 Å². The van der Waals surface area contributed by atoms with Gasteiger partial charge in [-0.05, 0) is 65.4 Å². The number of hydrogen-bond donors (Lipinski definition) is 3. The van der Waals surface area contributed by atoms with Gasteiger partial charge >= 0.3 is 5.97 Å². The van der Waals surface area contributed by atoms with Gasteiger partial charge in [0.2, 0.25) is 0 Å². The molecule has 1 unspecified atom stereocenters. The predicted octanol–water partition coefficient (Wildman–Crippen LogP) is 4.92. The topological polar surface area (TPSA) is 95.5 Å². The first-order valence-electron chi connectivity index (χ1n) is 9.96. The number of benzene rings is 3.